The molecular weight excluding hydrogens is 272 g/mol. The van der Waals surface area contributed by atoms with Crippen LogP contribution in [-0.4, -0.2) is 0 Å². The molecule has 0 saturated heterocycles. The topological polar surface area (TPSA) is 59.0 Å². The summed E-state index contributed by atoms with van der Waals surface area (Å²) in [5.74, 6) is 0.587. The molecule has 0 saturated carbocycles. The van der Waals surface area contributed by atoms with Crippen molar-refractivity contribution in [3.63, 3.8) is 0 Å². The Morgan fingerprint density at radius 1 is 1.30 bits per heavy atom. The van der Waals surface area contributed by atoms with Gasteiger partial charge in [0, 0.05) is 11.6 Å². The average molecular weight is 287 g/mol. The van der Waals surface area contributed by atoms with Crippen LogP contribution in [-0.2, 0) is 6.61 Å². The summed E-state index contributed by atoms with van der Waals surface area (Å²) in [4.78, 5) is 0. The molecule has 20 heavy (non-hydrogen) atoms. The first-order valence-corrected chi connectivity index (χ1v) is 6.65. The SMILES string of the molecule is C[C@@H](N)c1ccc(OCc2ccccc2C#N)c(Cl)c1. The van der Waals surface area contributed by atoms with Gasteiger partial charge in [0.1, 0.15) is 12.4 Å². The highest BCUT2D eigenvalue weighted by atomic mass is 35.5. The summed E-state index contributed by atoms with van der Waals surface area (Å²) in [7, 11) is 0. The van der Waals surface area contributed by atoms with E-state index in [2.05, 4.69) is 6.07 Å². The molecule has 1 atom stereocenters. The molecule has 0 aliphatic rings. The van der Waals surface area contributed by atoms with Crippen molar-refractivity contribution in [2.75, 3.05) is 0 Å². The lowest BCUT2D eigenvalue weighted by molar-refractivity contribution is 0.306. The predicted octanol–water partition coefficient (Wildman–Crippen LogP) is 3.81. The molecule has 0 unspecified atom stereocenters. The highest BCUT2D eigenvalue weighted by molar-refractivity contribution is 6.32. The van der Waals surface area contributed by atoms with Crippen LogP contribution in [0.15, 0.2) is 42.5 Å². The van der Waals surface area contributed by atoms with E-state index in [1.165, 1.54) is 0 Å². The van der Waals surface area contributed by atoms with Crippen molar-refractivity contribution in [1.29, 1.82) is 5.26 Å². The Morgan fingerprint density at radius 3 is 2.70 bits per heavy atom. The van der Waals surface area contributed by atoms with Crippen LogP contribution in [0.4, 0.5) is 0 Å². The number of benzene rings is 2. The van der Waals surface area contributed by atoms with Gasteiger partial charge in [0.15, 0.2) is 0 Å². The molecule has 0 bridgehead atoms. The smallest absolute Gasteiger partial charge is 0.138 e. The van der Waals surface area contributed by atoms with E-state index in [1.54, 1.807) is 18.2 Å². The van der Waals surface area contributed by atoms with E-state index in [4.69, 9.17) is 27.3 Å². The summed E-state index contributed by atoms with van der Waals surface area (Å²) in [5, 5.41) is 9.54. The molecule has 3 nitrogen and oxygen atoms in total. The normalized spacial score (nSPS) is 11.7. The zero-order valence-corrected chi connectivity index (χ0v) is 11.9. The van der Waals surface area contributed by atoms with Gasteiger partial charge in [-0.05, 0) is 30.7 Å². The van der Waals surface area contributed by atoms with Crippen LogP contribution in [0.5, 0.6) is 5.75 Å². The molecule has 0 aromatic heterocycles. The van der Waals surface area contributed by atoms with Gasteiger partial charge in [-0.1, -0.05) is 35.9 Å². The molecule has 2 aromatic carbocycles. The van der Waals surface area contributed by atoms with Gasteiger partial charge >= 0.3 is 0 Å². The number of nitrogens with two attached hydrogens (primary N) is 1. The van der Waals surface area contributed by atoms with Crippen LogP contribution >= 0.6 is 11.6 Å². The predicted molar refractivity (Wildman–Crippen MR) is 79.5 cm³/mol. The van der Waals surface area contributed by atoms with E-state index in [0.29, 0.717) is 22.9 Å². The first-order chi connectivity index (χ1) is 9.61. The summed E-state index contributed by atoms with van der Waals surface area (Å²) in [6, 6.07) is 14.9. The molecule has 0 spiro atoms. The second-order valence-electron chi connectivity index (χ2n) is 4.54. The Kier molecular flexibility index (Phi) is 4.62. The minimum Gasteiger partial charge on any atom is -0.487 e. The molecule has 0 amide bonds. The largest absolute Gasteiger partial charge is 0.487 e. The van der Waals surface area contributed by atoms with E-state index >= 15 is 0 Å². The fraction of sp³-hybridized carbons (Fsp3) is 0.188. The second kappa shape index (κ2) is 6.42. The minimum atomic E-state index is -0.0686. The quantitative estimate of drug-likeness (QED) is 0.930. The third-order valence-electron chi connectivity index (χ3n) is 3.00. The Hall–Kier alpha value is -2.02. The minimum absolute atomic E-state index is 0.0686. The number of hydrogen-bond donors (Lipinski definition) is 1. The molecule has 2 aromatic rings. The van der Waals surface area contributed by atoms with Crippen molar-refractivity contribution in [3.05, 3.63) is 64.2 Å². The number of rotatable bonds is 4. The van der Waals surface area contributed by atoms with Crippen molar-refractivity contribution >= 4 is 11.6 Å². The van der Waals surface area contributed by atoms with Gasteiger partial charge in [0.2, 0.25) is 0 Å². The molecule has 0 fully saturated rings. The maximum absolute atomic E-state index is 9.02. The fourth-order valence-corrected chi connectivity index (χ4v) is 2.07. The highest BCUT2D eigenvalue weighted by Crippen LogP contribution is 2.28. The van der Waals surface area contributed by atoms with Crippen molar-refractivity contribution in [2.24, 2.45) is 5.73 Å². The van der Waals surface area contributed by atoms with Crippen LogP contribution in [0.3, 0.4) is 0 Å². The third kappa shape index (κ3) is 3.30. The lowest BCUT2D eigenvalue weighted by atomic mass is 10.1. The standard InChI is InChI=1S/C16H15ClN2O/c1-11(19)12-6-7-16(15(17)8-12)20-10-14-5-3-2-4-13(14)9-18/h2-8,11H,10,19H2,1H3/t11-/m1/s1. The van der Waals surface area contributed by atoms with Crippen molar-refractivity contribution < 1.29 is 4.74 Å². The number of ether oxygens (including phenoxy) is 1. The Labute approximate surface area is 123 Å². The van der Waals surface area contributed by atoms with Crippen LogP contribution < -0.4 is 10.5 Å². The van der Waals surface area contributed by atoms with Crippen molar-refractivity contribution in [2.45, 2.75) is 19.6 Å². The molecule has 0 heterocycles. The molecule has 0 aliphatic carbocycles. The Balaban J connectivity index is 2.14. The van der Waals surface area contributed by atoms with Crippen molar-refractivity contribution in [3.8, 4) is 11.8 Å². The average Bonchev–Trinajstić information content (AvgIpc) is 2.46. The molecular formula is C16H15ClN2O. The van der Waals surface area contributed by atoms with Gasteiger partial charge in [0.05, 0.1) is 16.7 Å². The zero-order valence-electron chi connectivity index (χ0n) is 11.1. The summed E-state index contributed by atoms with van der Waals surface area (Å²) in [5.41, 5.74) is 8.20. The number of nitrogens with zero attached hydrogens (tertiary/aromatic N) is 1. The van der Waals surface area contributed by atoms with Gasteiger partial charge in [-0.3, -0.25) is 0 Å². The number of halogens is 1. The number of nitriles is 1. The van der Waals surface area contributed by atoms with Gasteiger partial charge in [0.25, 0.3) is 0 Å². The van der Waals surface area contributed by atoms with E-state index in [-0.39, 0.29) is 6.04 Å². The summed E-state index contributed by atoms with van der Waals surface area (Å²) < 4.78 is 5.68. The maximum atomic E-state index is 9.02. The van der Waals surface area contributed by atoms with Gasteiger partial charge in [-0.15, -0.1) is 0 Å². The van der Waals surface area contributed by atoms with Crippen molar-refractivity contribution in [1.82, 2.24) is 0 Å². The van der Waals surface area contributed by atoms with Crippen LogP contribution in [0.1, 0.15) is 29.7 Å². The second-order valence-corrected chi connectivity index (χ2v) is 4.94. The van der Waals surface area contributed by atoms with Gasteiger partial charge < -0.3 is 10.5 Å². The van der Waals surface area contributed by atoms with E-state index in [9.17, 15) is 0 Å². The summed E-state index contributed by atoms with van der Waals surface area (Å²) in [6.07, 6.45) is 0. The number of hydrogen-bond acceptors (Lipinski definition) is 3. The Bertz CT molecular complexity index is 647. The zero-order chi connectivity index (χ0) is 14.5. The third-order valence-corrected chi connectivity index (χ3v) is 3.30. The van der Waals surface area contributed by atoms with Crippen LogP contribution in [0.2, 0.25) is 5.02 Å². The van der Waals surface area contributed by atoms with Gasteiger partial charge in [-0.2, -0.15) is 5.26 Å². The van der Waals surface area contributed by atoms with Crippen LogP contribution in [0.25, 0.3) is 0 Å². The van der Waals surface area contributed by atoms with E-state index in [1.807, 2.05) is 31.2 Å². The van der Waals surface area contributed by atoms with Gasteiger partial charge in [-0.25, -0.2) is 0 Å². The molecule has 0 radical (unpaired) electrons. The van der Waals surface area contributed by atoms with Crippen LogP contribution in [0, 0.1) is 11.3 Å². The molecule has 102 valence electrons. The fourth-order valence-electron chi connectivity index (χ4n) is 1.83. The molecule has 4 heteroatoms. The lowest BCUT2D eigenvalue weighted by Crippen LogP contribution is -2.05. The van der Waals surface area contributed by atoms with E-state index in [0.717, 1.165) is 11.1 Å². The summed E-state index contributed by atoms with van der Waals surface area (Å²) >= 11 is 6.17. The lowest BCUT2D eigenvalue weighted by Gasteiger charge is -2.11. The first kappa shape index (κ1) is 14.4. The summed E-state index contributed by atoms with van der Waals surface area (Å²) in [6.45, 7) is 2.20. The monoisotopic (exact) mass is 286 g/mol. The molecule has 2 rings (SSSR count). The Morgan fingerprint density at radius 2 is 2.05 bits per heavy atom. The highest BCUT2D eigenvalue weighted by Gasteiger charge is 2.07. The first-order valence-electron chi connectivity index (χ1n) is 6.27. The molecule has 2 N–H and O–H groups in total. The molecule has 0 aliphatic heterocycles. The maximum Gasteiger partial charge on any atom is 0.138 e. The van der Waals surface area contributed by atoms with E-state index < -0.39 is 0 Å².